The molecule has 0 spiro atoms. The summed E-state index contributed by atoms with van der Waals surface area (Å²) < 4.78 is 22.9. The van der Waals surface area contributed by atoms with Crippen LogP contribution in [0.2, 0.25) is 0 Å². The average molecular weight is 355 g/mol. The van der Waals surface area contributed by atoms with Gasteiger partial charge < -0.3 is 24.3 Å². The highest BCUT2D eigenvalue weighted by molar-refractivity contribution is 5.96. The Bertz CT molecular complexity index is 835. The number of benzene rings is 2. The first kappa shape index (κ1) is 16.6. The molecule has 0 fully saturated rings. The lowest BCUT2D eigenvalue weighted by Crippen LogP contribution is -2.40. The molecule has 0 unspecified atom stereocenters. The Morgan fingerprint density at radius 3 is 2.81 bits per heavy atom. The first-order valence-electron chi connectivity index (χ1n) is 8.79. The van der Waals surface area contributed by atoms with Crippen LogP contribution in [0.25, 0.3) is 0 Å². The number of hydrogen-bond donors (Lipinski definition) is 1. The van der Waals surface area contributed by atoms with E-state index in [1.165, 1.54) is 0 Å². The van der Waals surface area contributed by atoms with E-state index in [0.29, 0.717) is 29.5 Å². The zero-order valence-electron chi connectivity index (χ0n) is 14.8. The Labute approximate surface area is 152 Å². The molecule has 2 atom stereocenters. The molecule has 136 valence electrons. The van der Waals surface area contributed by atoms with Gasteiger partial charge in [-0.1, -0.05) is 12.1 Å². The first-order valence-corrected chi connectivity index (χ1v) is 8.79. The molecule has 2 aliphatic heterocycles. The van der Waals surface area contributed by atoms with Gasteiger partial charge in [-0.2, -0.15) is 0 Å². The lowest BCUT2D eigenvalue weighted by molar-refractivity contribution is -0.125. The predicted octanol–water partition coefficient (Wildman–Crippen LogP) is 3.19. The summed E-state index contributed by atoms with van der Waals surface area (Å²) in [4.78, 5) is 12.7. The van der Waals surface area contributed by atoms with Crippen LogP contribution in [0.5, 0.6) is 23.0 Å². The zero-order valence-corrected chi connectivity index (χ0v) is 14.8. The van der Waals surface area contributed by atoms with Gasteiger partial charge in [0, 0.05) is 18.1 Å². The standard InChI is InChI=1S/C20H21NO5/c1-3-23-18-9-13-8-12(2)25-17(13)10-14(18)21-20(22)19-11-24-15-6-4-5-7-16(15)26-19/h4-7,9-10,12,19H,3,8,11H2,1-2H3,(H,21,22)/t12-,19+/m1/s1. The van der Waals surface area contributed by atoms with Gasteiger partial charge in [-0.3, -0.25) is 4.79 Å². The Morgan fingerprint density at radius 2 is 2.00 bits per heavy atom. The number of anilines is 1. The number of rotatable bonds is 4. The molecule has 0 aliphatic carbocycles. The highest BCUT2D eigenvalue weighted by Crippen LogP contribution is 2.38. The lowest BCUT2D eigenvalue weighted by atomic mass is 10.1. The van der Waals surface area contributed by atoms with Gasteiger partial charge in [0.25, 0.3) is 5.91 Å². The highest BCUT2D eigenvalue weighted by atomic mass is 16.6. The number of nitrogens with one attached hydrogen (secondary N) is 1. The molecule has 0 radical (unpaired) electrons. The van der Waals surface area contributed by atoms with Crippen molar-refractivity contribution < 1.29 is 23.7 Å². The minimum Gasteiger partial charge on any atom is -0.492 e. The molecule has 0 saturated carbocycles. The Kier molecular flexibility index (Phi) is 4.32. The number of hydrogen-bond acceptors (Lipinski definition) is 5. The summed E-state index contributed by atoms with van der Waals surface area (Å²) in [6.45, 7) is 4.59. The van der Waals surface area contributed by atoms with E-state index in [4.69, 9.17) is 18.9 Å². The summed E-state index contributed by atoms with van der Waals surface area (Å²) in [7, 11) is 0. The fourth-order valence-corrected chi connectivity index (χ4v) is 3.17. The molecule has 2 aromatic carbocycles. The topological polar surface area (TPSA) is 66.0 Å². The van der Waals surface area contributed by atoms with Crippen LogP contribution in [-0.2, 0) is 11.2 Å². The number of fused-ring (bicyclic) bond motifs is 2. The maximum absolute atomic E-state index is 12.7. The molecular weight excluding hydrogens is 334 g/mol. The third-order valence-electron chi connectivity index (χ3n) is 4.36. The molecule has 2 aliphatic rings. The monoisotopic (exact) mass is 355 g/mol. The molecule has 6 nitrogen and oxygen atoms in total. The molecule has 0 bridgehead atoms. The van der Waals surface area contributed by atoms with Gasteiger partial charge in [-0.05, 0) is 32.0 Å². The molecular formula is C20H21NO5. The van der Waals surface area contributed by atoms with Gasteiger partial charge in [0.2, 0.25) is 6.10 Å². The summed E-state index contributed by atoms with van der Waals surface area (Å²) >= 11 is 0. The van der Waals surface area contributed by atoms with Crippen molar-refractivity contribution in [3.05, 3.63) is 42.0 Å². The average Bonchev–Trinajstić information content (AvgIpc) is 3.00. The number of amides is 1. The van der Waals surface area contributed by atoms with Crippen molar-refractivity contribution in [3.63, 3.8) is 0 Å². The molecule has 0 aromatic heterocycles. The van der Waals surface area contributed by atoms with E-state index >= 15 is 0 Å². The Balaban J connectivity index is 1.53. The van der Waals surface area contributed by atoms with Gasteiger partial charge in [0.1, 0.15) is 24.2 Å². The van der Waals surface area contributed by atoms with Crippen LogP contribution in [0.4, 0.5) is 5.69 Å². The summed E-state index contributed by atoms with van der Waals surface area (Å²) in [6, 6.07) is 11.1. The quantitative estimate of drug-likeness (QED) is 0.912. The second kappa shape index (κ2) is 6.78. The maximum atomic E-state index is 12.7. The van der Waals surface area contributed by atoms with E-state index in [0.717, 1.165) is 17.7 Å². The molecule has 2 heterocycles. The van der Waals surface area contributed by atoms with E-state index < -0.39 is 6.10 Å². The molecule has 4 rings (SSSR count). The van der Waals surface area contributed by atoms with E-state index in [-0.39, 0.29) is 18.6 Å². The molecule has 1 amide bonds. The smallest absolute Gasteiger partial charge is 0.269 e. The molecule has 2 aromatic rings. The minimum atomic E-state index is -0.729. The second-order valence-electron chi connectivity index (χ2n) is 6.38. The lowest BCUT2D eigenvalue weighted by Gasteiger charge is -2.26. The van der Waals surface area contributed by atoms with E-state index in [9.17, 15) is 4.79 Å². The van der Waals surface area contributed by atoms with Crippen molar-refractivity contribution in [2.75, 3.05) is 18.5 Å². The second-order valence-corrected chi connectivity index (χ2v) is 6.38. The van der Waals surface area contributed by atoms with Crippen molar-refractivity contribution in [2.45, 2.75) is 32.5 Å². The number of ether oxygens (including phenoxy) is 4. The van der Waals surface area contributed by atoms with E-state index in [2.05, 4.69) is 5.32 Å². The fourth-order valence-electron chi connectivity index (χ4n) is 3.17. The van der Waals surface area contributed by atoms with Crippen LogP contribution in [0.1, 0.15) is 19.4 Å². The van der Waals surface area contributed by atoms with Crippen molar-refractivity contribution in [2.24, 2.45) is 0 Å². The van der Waals surface area contributed by atoms with Gasteiger partial charge in [-0.15, -0.1) is 0 Å². The number of carbonyl (C=O) groups is 1. The van der Waals surface area contributed by atoms with Gasteiger partial charge in [0.15, 0.2) is 11.5 Å². The predicted molar refractivity (Wildman–Crippen MR) is 96.4 cm³/mol. The SMILES string of the molecule is CCOc1cc2c(cc1NC(=O)[C@@H]1COc3ccccc3O1)O[C@H](C)C2. The van der Waals surface area contributed by atoms with Crippen molar-refractivity contribution >= 4 is 11.6 Å². The molecule has 0 saturated heterocycles. The normalized spacial score (nSPS) is 20.1. The largest absolute Gasteiger partial charge is 0.492 e. The maximum Gasteiger partial charge on any atom is 0.269 e. The van der Waals surface area contributed by atoms with E-state index in [1.54, 1.807) is 6.07 Å². The van der Waals surface area contributed by atoms with Gasteiger partial charge in [-0.25, -0.2) is 0 Å². The Hall–Kier alpha value is -2.89. The number of carbonyl (C=O) groups excluding carboxylic acids is 1. The third-order valence-corrected chi connectivity index (χ3v) is 4.36. The summed E-state index contributed by atoms with van der Waals surface area (Å²) in [5.41, 5.74) is 1.66. The molecule has 26 heavy (non-hydrogen) atoms. The van der Waals surface area contributed by atoms with Crippen LogP contribution in [0, 0.1) is 0 Å². The minimum absolute atomic E-state index is 0.122. The third kappa shape index (κ3) is 3.14. The van der Waals surface area contributed by atoms with Crippen LogP contribution in [-0.4, -0.2) is 31.3 Å². The molecule has 1 N–H and O–H groups in total. The van der Waals surface area contributed by atoms with Crippen molar-refractivity contribution in [3.8, 4) is 23.0 Å². The summed E-state index contributed by atoms with van der Waals surface area (Å²) in [5, 5.41) is 2.89. The van der Waals surface area contributed by atoms with Crippen LogP contribution >= 0.6 is 0 Å². The van der Waals surface area contributed by atoms with Gasteiger partial charge >= 0.3 is 0 Å². The highest BCUT2D eigenvalue weighted by Gasteiger charge is 2.29. The van der Waals surface area contributed by atoms with Crippen LogP contribution in [0.15, 0.2) is 36.4 Å². The summed E-state index contributed by atoms with van der Waals surface area (Å²) in [5.74, 6) is 2.34. The summed E-state index contributed by atoms with van der Waals surface area (Å²) in [6.07, 6.45) is 0.226. The van der Waals surface area contributed by atoms with Crippen LogP contribution < -0.4 is 24.3 Å². The Morgan fingerprint density at radius 1 is 1.19 bits per heavy atom. The van der Waals surface area contributed by atoms with E-state index in [1.807, 2.05) is 44.2 Å². The van der Waals surface area contributed by atoms with Gasteiger partial charge in [0.05, 0.1) is 12.3 Å². The van der Waals surface area contributed by atoms with Crippen LogP contribution in [0.3, 0.4) is 0 Å². The van der Waals surface area contributed by atoms with Crippen molar-refractivity contribution in [1.29, 1.82) is 0 Å². The number of para-hydroxylation sites is 2. The first-order chi connectivity index (χ1) is 12.6. The molecule has 6 heteroatoms. The van der Waals surface area contributed by atoms with Crippen molar-refractivity contribution in [1.82, 2.24) is 0 Å². The zero-order chi connectivity index (χ0) is 18.1. The fraction of sp³-hybridized carbons (Fsp3) is 0.350.